The van der Waals surface area contributed by atoms with Gasteiger partial charge in [0.05, 0.1) is 6.54 Å². The van der Waals surface area contributed by atoms with Gasteiger partial charge in [0.2, 0.25) is 0 Å². The second-order valence-corrected chi connectivity index (χ2v) is 4.92. The summed E-state index contributed by atoms with van der Waals surface area (Å²) < 4.78 is 0. The third kappa shape index (κ3) is 4.66. The zero-order valence-corrected chi connectivity index (χ0v) is 10.7. The van der Waals surface area contributed by atoms with E-state index in [1.165, 1.54) is 6.42 Å². The van der Waals surface area contributed by atoms with E-state index in [0.29, 0.717) is 18.4 Å². The van der Waals surface area contributed by atoms with Gasteiger partial charge in [-0.05, 0) is 24.7 Å². The van der Waals surface area contributed by atoms with Crippen LogP contribution in [0.25, 0.3) is 0 Å². The fourth-order valence-corrected chi connectivity index (χ4v) is 2.33. The van der Waals surface area contributed by atoms with E-state index in [1.54, 1.807) is 0 Å². The Balaban J connectivity index is 2.37. The molecule has 2 unspecified atom stereocenters. The van der Waals surface area contributed by atoms with Crippen LogP contribution in [-0.4, -0.2) is 41.6 Å². The number of carbonyl (C=O) groups is 2. The summed E-state index contributed by atoms with van der Waals surface area (Å²) in [5, 5.41) is 11.4. The maximum Gasteiger partial charge on any atom is 0.323 e. The van der Waals surface area contributed by atoms with Crippen LogP contribution in [0.1, 0.15) is 26.2 Å². The summed E-state index contributed by atoms with van der Waals surface area (Å²) >= 11 is 0. The molecule has 0 aromatic carbocycles. The largest absolute Gasteiger partial charge is 0.480 e. The number of hydrogen-bond acceptors (Lipinski definition) is 2. The van der Waals surface area contributed by atoms with E-state index < -0.39 is 12.0 Å². The van der Waals surface area contributed by atoms with Crippen molar-refractivity contribution in [1.29, 1.82) is 0 Å². The zero-order valence-electron chi connectivity index (χ0n) is 10.7. The molecule has 5 nitrogen and oxygen atoms in total. The molecule has 2 atom stereocenters. The Bertz CT molecular complexity index is 349. The summed E-state index contributed by atoms with van der Waals surface area (Å²) in [5.74, 6) is 2.45. The molecule has 1 fully saturated rings. The molecule has 18 heavy (non-hydrogen) atoms. The van der Waals surface area contributed by atoms with Crippen LogP contribution in [0.3, 0.4) is 0 Å². The monoisotopic (exact) mass is 252 g/mol. The SMILES string of the molecule is C#CCN(CC(=O)O)C(=O)NCC1CCC(C)C1. The van der Waals surface area contributed by atoms with Gasteiger partial charge >= 0.3 is 12.0 Å². The number of nitrogens with one attached hydrogen (secondary N) is 1. The summed E-state index contributed by atoms with van der Waals surface area (Å²) in [5.41, 5.74) is 0. The molecule has 0 radical (unpaired) electrons. The Morgan fingerprint density at radius 3 is 2.72 bits per heavy atom. The highest BCUT2D eigenvalue weighted by Crippen LogP contribution is 2.29. The van der Waals surface area contributed by atoms with Gasteiger partial charge in [-0.3, -0.25) is 4.79 Å². The minimum atomic E-state index is -1.06. The molecule has 1 aliphatic carbocycles. The van der Waals surface area contributed by atoms with E-state index in [2.05, 4.69) is 18.2 Å². The standard InChI is InChI=1S/C13H20N2O3/c1-3-6-15(9-12(16)17)13(18)14-8-11-5-4-10(2)7-11/h1,10-11H,4-9H2,2H3,(H,14,18)(H,16,17). The number of terminal acetylenes is 1. The Labute approximate surface area is 108 Å². The molecule has 0 spiro atoms. The molecule has 0 saturated heterocycles. The lowest BCUT2D eigenvalue weighted by molar-refractivity contribution is -0.137. The highest BCUT2D eigenvalue weighted by Gasteiger charge is 2.23. The number of carboxylic acid groups (broad SMARTS) is 1. The number of amides is 2. The molecule has 0 aliphatic heterocycles. The summed E-state index contributed by atoms with van der Waals surface area (Å²) in [6.45, 7) is 2.46. The number of aliphatic carboxylic acids is 1. The lowest BCUT2D eigenvalue weighted by Crippen LogP contribution is -2.44. The molecule has 1 saturated carbocycles. The predicted molar refractivity (Wildman–Crippen MR) is 67.9 cm³/mol. The molecule has 0 aromatic heterocycles. The molecular weight excluding hydrogens is 232 g/mol. The minimum Gasteiger partial charge on any atom is -0.480 e. The van der Waals surface area contributed by atoms with Crippen molar-refractivity contribution in [1.82, 2.24) is 10.2 Å². The lowest BCUT2D eigenvalue weighted by atomic mass is 10.1. The van der Waals surface area contributed by atoms with Crippen molar-refractivity contribution in [3.05, 3.63) is 0 Å². The quantitative estimate of drug-likeness (QED) is 0.721. The van der Waals surface area contributed by atoms with E-state index in [9.17, 15) is 9.59 Å². The molecule has 2 N–H and O–H groups in total. The molecule has 1 aliphatic rings. The Morgan fingerprint density at radius 2 is 2.22 bits per heavy atom. The Morgan fingerprint density at radius 1 is 1.50 bits per heavy atom. The van der Waals surface area contributed by atoms with Crippen molar-refractivity contribution in [2.75, 3.05) is 19.6 Å². The molecule has 100 valence electrons. The smallest absolute Gasteiger partial charge is 0.323 e. The fourth-order valence-electron chi connectivity index (χ4n) is 2.33. The molecule has 1 rings (SSSR count). The normalized spacial score (nSPS) is 22.2. The number of rotatable bonds is 5. The van der Waals surface area contributed by atoms with E-state index in [0.717, 1.165) is 17.7 Å². The lowest BCUT2D eigenvalue weighted by Gasteiger charge is -2.20. The summed E-state index contributed by atoms with van der Waals surface area (Å²) in [7, 11) is 0. The first-order valence-corrected chi connectivity index (χ1v) is 6.21. The predicted octanol–water partition coefficient (Wildman–Crippen LogP) is 1.15. The van der Waals surface area contributed by atoms with Crippen LogP contribution in [0.4, 0.5) is 4.79 Å². The van der Waals surface area contributed by atoms with Crippen molar-refractivity contribution >= 4 is 12.0 Å². The number of carbonyl (C=O) groups excluding carboxylic acids is 1. The average molecular weight is 252 g/mol. The van der Waals surface area contributed by atoms with Crippen LogP contribution >= 0.6 is 0 Å². The van der Waals surface area contributed by atoms with E-state index in [1.807, 2.05) is 0 Å². The first-order valence-electron chi connectivity index (χ1n) is 6.21. The van der Waals surface area contributed by atoms with Crippen molar-refractivity contribution in [2.24, 2.45) is 11.8 Å². The van der Waals surface area contributed by atoms with Gasteiger partial charge in [0.1, 0.15) is 6.54 Å². The molecule has 2 amide bonds. The zero-order chi connectivity index (χ0) is 13.5. The summed E-state index contributed by atoms with van der Waals surface area (Å²) in [4.78, 5) is 23.5. The minimum absolute atomic E-state index is 0.0131. The van der Waals surface area contributed by atoms with Gasteiger partial charge in [0.25, 0.3) is 0 Å². The van der Waals surface area contributed by atoms with Crippen molar-refractivity contribution in [3.8, 4) is 12.3 Å². The fraction of sp³-hybridized carbons (Fsp3) is 0.692. The second-order valence-electron chi connectivity index (χ2n) is 4.92. The highest BCUT2D eigenvalue weighted by molar-refractivity contribution is 5.80. The third-order valence-electron chi connectivity index (χ3n) is 3.24. The maximum atomic E-state index is 11.8. The number of hydrogen-bond donors (Lipinski definition) is 2. The first-order chi connectivity index (χ1) is 8.52. The highest BCUT2D eigenvalue weighted by atomic mass is 16.4. The Kier molecular flexibility index (Phi) is 5.50. The number of nitrogens with zero attached hydrogens (tertiary/aromatic N) is 1. The van der Waals surface area contributed by atoms with Crippen molar-refractivity contribution in [3.63, 3.8) is 0 Å². The molecule has 0 bridgehead atoms. The number of urea groups is 1. The van der Waals surface area contributed by atoms with E-state index in [-0.39, 0.29) is 13.1 Å². The van der Waals surface area contributed by atoms with Crippen LogP contribution in [0.2, 0.25) is 0 Å². The van der Waals surface area contributed by atoms with Crippen LogP contribution < -0.4 is 5.32 Å². The summed E-state index contributed by atoms with van der Waals surface area (Å²) in [6.07, 6.45) is 8.55. The van der Waals surface area contributed by atoms with Crippen LogP contribution in [0.15, 0.2) is 0 Å². The van der Waals surface area contributed by atoms with E-state index in [4.69, 9.17) is 11.5 Å². The van der Waals surface area contributed by atoms with Gasteiger partial charge in [0.15, 0.2) is 0 Å². The Hall–Kier alpha value is -1.70. The third-order valence-corrected chi connectivity index (χ3v) is 3.24. The second kappa shape index (κ2) is 6.90. The average Bonchev–Trinajstić information content (AvgIpc) is 2.71. The van der Waals surface area contributed by atoms with Crippen molar-refractivity contribution in [2.45, 2.75) is 26.2 Å². The van der Waals surface area contributed by atoms with Crippen LogP contribution in [-0.2, 0) is 4.79 Å². The van der Waals surface area contributed by atoms with Gasteiger partial charge in [-0.25, -0.2) is 4.79 Å². The molecule has 5 heteroatoms. The van der Waals surface area contributed by atoms with Crippen LogP contribution in [0.5, 0.6) is 0 Å². The molecular formula is C13H20N2O3. The molecule has 0 aromatic rings. The van der Waals surface area contributed by atoms with Gasteiger partial charge in [-0.15, -0.1) is 6.42 Å². The molecule has 0 heterocycles. The van der Waals surface area contributed by atoms with Gasteiger partial charge in [0, 0.05) is 6.54 Å². The van der Waals surface area contributed by atoms with Gasteiger partial charge in [-0.1, -0.05) is 19.3 Å². The topological polar surface area (TPSA) is 69.6 Å². The van der Waals surface area contributed by atoms with Gasteiger partial charge < -0.3 is 15.3 Å². The van der Waals surface area contributed by atoms with Crippen LogP contribution in [0, 0.1) is 24.2 Å². The van der Waals surface area contributed by atoms with Gasteiger partial charge in [-0.2, -0.15) is 0 Å². The summed E-state index contributed by atoms with van der Waals surface area (Å²) in [6, 6.07) is -0.394. The van der Waals surface area contributed by atoms with E-state index >= 15 is 0 Å². The maximum absolute atomic E-state index is 11.8. The first kappa shape index (κ1) is 14.4. The van der Waals surface area contributed by atoms with Crippen molar-refractivity contribution < 1.29 is 14.7 Å². The number of carboxylic acids is 1.